The number of nitro benzene ring substituents is 1. The zero-order valence-electron chi connectivity index (χ0n) is 11.4. The summed E-state index contributed by atoms with van der Waals surface area (Å²) in [5.74, 6) is -0.976. The molecule has 0 atom stereocenters. The topological polar surface area (TPSA) is 164 Å². The van der Waals surface area contributed by atoms with Crippen LogP contribution < -0.4 is 15.9 Å². The number of nitrogens with zero attached hydrogens (tertiary/aromatic N) is 2. The van der Waals surface area contributed by atoms with Crippen molar-refractivity contribution in [1.29, 1.82) is 5.41 Å². The van der Waals surface area contributed by atoms with Gasteiger partial charge in [-0.05, 0) is 12.1 Å². The largest absolute Gasteiger partial charge is 0.490 e. The number of hydrazone groups is 1. The lowest BCUT2D eigenvalue weighted by atomic mass is 10.2. The highest BCUT2D eigenvalue weighted by atomic mass is 16.6. The van der Waals surface area contributed by atoms with Gasteiger partial charge in [-0.1, -0.05) is 0 Å². The molecule has 0 unspecified atom stereocenters. The van der Waals surface area contributed by atoms with Gasteiger partial charge in [0.2, 0.25) is 5.96 Å². The molecule has 114 valence electrons. The van der Waals surface area contributed by atoms with Crippen molar-refractivity contribution in [3.8, 4) is 5.75 Å². The second-order valence-electron chi connectivity index (χ2n) is 3.49. The first kappa shape index (κ1) is 17.8. The van der Waals surface area contributed by atoms with Crippen LogP contribution in [0.25, 0.3) is 0 Å². The third kappa shape index (κ3) is 7.77. The SMILES string of the molecule is CC(=O)O.COc1ccc(C=NNC(=N)N)cc1[N+](=O)[O-]. The quantitative estimate of drug-likeness (QED) is 0.272. The second kappa shape index (κ2) is 8.85. The number of carboxylic acids is 1. The number of nitrogens with one attached hydrogen (secondary N) is 2. The number of ether oxygens (including phenoxy) is 1. The molecule has 0 saturated heterocycles. The van der Waals surface area contributed by atoms with Crippen LogP contribution in [-0.4, -0.2) is 35.3 Å². The molecule has 10 heteroatoms. The number of methoxy groups -OCH3 is 1. The molecule has 0 spiro atoms. The summed E-state index contributed by atoms with van der Waals surface area (Å²) in [4.78, 5) is 19.2. The molecule has 5 N–H and O–H groups in total. The van der Waals surface area contributed by atoms with Gasteiger partial charge in [0, 0.05) is 18.6 Å². The molecule has 0 aliphatic rings. The zero-order valence-corrected chi connectivity index (χ0v) is 11.4. The first-order chi connectivity index (χ1) is 9.77. The molecule has 0 bridgehead atoms. The van der Waals surface area contributed by atoms with Crippen molar-refractivity contribution in [2.45, 2.75) is 6.92 Å². The summed E-state index contributed by atoms with van der Waals surface area (Å²) in [5, 5.41) is 28.6. The van der Waals surface area contributed by atoms with E-state index in [1.165, 1.54) is 25.5 Å². The van der Waals surface area contributed by atoms with Crippen LogP contribution in [-0.2, 0) is 4.79 Å². The van der Waals surface area contributed by atoms with Gasteiger partial charge < -0.3 is 15.6 Å². The van der Waals surface area contributed by atoms with Crippen molar-refractivity contribution in [2.24, 2.45) is 10.8 Å². The van der Waals surface area contributed by atoms with Gasteiger partial charge in [0.1, 0.15) is 0 Å². The number of guanidine groups is 1. The Morgan fingerprint density at radius 1 is 1.62 bits per heavy atom. The van der Waals surface area contributed by atoms with Crippen LogP contribution in [0.15, 0.2) is 23.3 Å². The highest BCUT2D eigenvalue weighted by Crippen LogP contribution is 2.26. The average molecular weight is 297 g/mol. The molecule has 0 saturated carbocycles. The Balaban J connectivity index is 0.000000885. The molecule has 10 nitrogen and oxygen atoms in total. The highest BCUT2D eigenvalue weighted by molar-refractivity contribution is 5.83. The fourth-order valence-corrected chi connectivity index (χ4v) is 1.11. The Kier molecular flexibility index (Phi) is 7.51. The monoisotopic (exact) mass is 297 g/mol. The van der Waals surface area contributed by atoms with Gasteiger partial charge in [-0.2, -0.15) is 5.10 Å². The van der Waals surface area contributed by atoms with Gasteiger partial charge in [0.05, 0.1) is 18.2 Å². The van der Waals surface area contributed by atoms with Crippen molar-refractivity contribution in [3.63, 3.8) is 0 Å². The standard InChI is InChI=1S/C9H11N5O3.C2H4O2/c1-17-8-3-2-6(4-7(8)14(15)16)5-12-13-9(10)11;1-2(3)4/h2-5H,1H3,(H4,10,11,13);1H3,(H,3,4). The molecule has 0 radical (unpaired) electrons. The molecule has 0 aromatic heterocycles. The van der Waals surface area contributed by atoms with Crippen molar-refractivity contribution in [1.82, 2.24) is 5.43 Å². The van der Waals surface area contributed by atoms with Crippen molar-refractivity contribution >= 4 is 23.8 Å². The Hall–Kier alpha value is -3.17. The molecule has 0 amide bonds. The molecular weight excluding hydrogens is 282 g/mol. The molecule has 0 heterocycles. The van der Waals surface area contributed by atoms with E-state index in [4.69, 9.17) is 25.8 Å². The Labute approximate surface area is 119 Å². The Bertz CT molecular complexity index is 554. The maximum atomic E-state index is 10.7. The third-order valence-corrected chi connectivity index (χ3v) is 1.80. The maximum absolute atomic E-state index is 10.7. The number of nitro groups is 1. The number of rotatable bonds is 4. The molecule has 0 aliphatic heterocycles. The average Bonchev–Trinajstić information content (AvgIpc) is 2.37. The minimum atomic E-state index is -0.833. The molecular formula is C11H15N5O5. The zero-order chi connectivity index (χ0) is 16.4. The highest BCUT2D eigenvalue weighted by Gasteiger charge is 2.14. The van der Waals surface area contributed by atoms with Gasteiger partial charge in [-0.25, -0.2) is 5.43 Å². The predicted octanol–water partition coefficient (Wildman–Crippen LogP) is 0.511. The minimum absolute atomic E-state index is 0.153. The van der Waals surface area contributed by atoms with Crippen LogP contribution in [0, 0.1) is 15.5 Å². The smallest absolute Gasteiger partial charge is 0.311 e. The third-order valence-electron chi connectivity index (χ3n) is 1.80. The van der Waals surface area contributed by atoms with E-state index in [2.05, 4.69) is 10.5 Å². The van der Waals surface area contributed by atoms with E-state index in [0.29, 0.717) is 5.56 Å². The fourth-order valence-electron chi connectivity index (χ4n) is 1.11. The van der Waals surface area contributed by atoms with E-state index < -0.39 is 10.9 Å². The lowest BCUT2D eigenvalue weighted by Crippen LogP contribution is -2.25. The molecule has 1 aromatic rings. The second-order valence-corrected chi connectivity index (χ2v) is 3.49. The number of aliphatic carboxylic acids is 1. The van der Waals surface area contributed by atoms with E-state index in [1.54, 1.807) is 6.07 Å². The van der Waals surface area contributed by atoms with E-state index >= 15 is 0 Å². The number of carboxylic acid groups (broad SMARTS) is 1. The number of hydrogen-bond acceptors (Lipinski definition) is 6. The maximum Gasteiger partial charge on any atom is 0.311 e. The van der Waals surface area contributed by atoms with Crippen LogP contribution >= 0.6 is 0 Å². The van der Waals surface area contributed by atoms with E-state index in [9.17, 15) is 10.1 Å². The van der Waals surface area contributed by atoms with Gasteiger partial charge in [-0.3, -0.25) is 20.3 Å². The van der Waals surface area contributed by atoms with Crippen LogP contribution in [0.2, 0.25) is 0 Å². The number of carbonyl (C=O) groups is 1. The van der Waals surface area contributed by atoms with E-state index in [1.807, 2.05) is 0 Å². The van der Waals surface area contributed by atoms with Gasteiger partial charge in [0.25, 0.3) is 5.97 Å². The summed E-state index contributed by atoms with van der Waals surface area (Å²) >= 11 is 0. The lowest BCUT2D eigenvalue weighted by molar-refractivity contribution is -0.385. The molecule has 0 aliphatic carbocycles. The summed E-state index contributed by atoms with van der Waals surface area (Å²) in [7, 11) is 1.35. The Morgan fingerprint density at radius 3 is 2.62 bits per heavy atom. The first-order valence-electron chi connectivity index (χ1n) is 5.43. The van der Waals surface area contributed by atoms with E-state index in [0.717, 1.165) is 6.92 Å². The normalized spacial score (nSPS) is 9.43. The van der Waals surface area contributed by atoms with Crippen LogP contribution in [0.3, 0.4) is 0 Å². The van der Waals surface area contributed by atoms with Gasteiger partial charge in [0.15, 0.2) is 5.75 Å². The van der Waals surface area contributed by atoms with Crippen molar-refractivity contribution in [2.75, 3.05) is 7.11 Å². The van der Waals surface area contributed by atoms with Crippen LogP contribution in [0.4, 0.5) is 5.69 Å². The number of benzene rings is 1. The summed E-state index contributed by atoms with van der Waals surface area (Å²) < 4.78 is 4.85. The molecule has 1 rings (SSSR count). The fraction of sp³-hybridized carbons (Fsp3) is 0.182. The van der Waals surface area contributed by atoms with Crippen molar-refractivity contribution < 1.29 is 19.6 Å². The first-order valence-corrected chi connectivity index (χ1v) is 5.43. The number of nitrogens with two attached hydrogens (primary N) is 1. The van der Waals surface area contributed by atoms with Crippen molar-refractivity contribution in [3.05, 3.63) is 33.9 Å². The molecule has 0 fully saturated rings. The van der Waals surface area contributed by atoms with Gasteiger partial charge in [-0.15, -0.1) is 0 Å². The Morgan fingerprint density at radius 2 is 2.19 bits per heavy atom. The summed E-state index contributed by atoms with van der Waals surface area (Å²) in [6, 6.07) is 4.37. The molecule has 21 heavy (non-hydrogen) atoms. The predicted molar refractivity (Wildman–Crippen MR) is 75.6 cm³/mol. The van der Waals surface area contributed by atoms with Gasteiger partial charge >= 0.3 is 5.69 Å². The minimum Gasteiger partial charge on any atom is -0.490 e. The molecule has 1 aromatic carbocycles. The lowest BCUT2D eigenvalue weighted by Gasteiger charge is -2.01. The van der Waals surface area contributed by atoms with Crippen LogP contribution in [0.5, 0.6) is 5.75 Å². The summed E-state index contributed by atoms with van der Waals surface area (Å²) in [6.45, 7) is 1.08. The summed E-state index contributed by atoms with van der Waals surface area (Å²) in [5.41, 5.74) is 7.55. The van der Waals surface area contributed by atoms with Crippen LogP contribution in [0.1, 0.15) is 12.5 Å². The number of hydrogen-bond donors (Lipinski definition) is 4. The van der Waals surface area contributed by atoms with E-state index in [-0.39, 0.29) is 17.4 Å². The summed E-state index contributed by atoms with van der Waals surface area (Å²) in [6.07, 6.45) is 1.31.